The Morgan fingerprint density at radius 3 is 2.67 bits per heavy atom. The maximum atomic E-state index is 10.1. The third-order valence-corrected chi connectivity index (χ3v) is 2.90. The van der Waals surface area contributed by atoms with Crippen molar-refractivity contribution < 1.29 is 9.84 Å². The molecule has 0 saturated heterocycles. The topological polar surface area (TPSA) is 60.2 Å². The van der Waals surface area contributed by atoms with Crippen molar-refractivity contribution in [2.24, 2.45) is 7.05 Å². The number of nitrogens with zero attached hydrogens (tertiary/aromatic N) is 3. The summed E-state index contributed by atoms with van der Waals surface area (Å²) in [7, 11) is 3.34. The number of hydrogen-bond acceptors (Lipinski definition) is 4. The molecule has 0 fully saturated rings. The number of methoxy groups -OCH3 is 1. The molecule has 0 aliphatic carbocycles. The molecule has 1 rings (SSSR count). The van der Waals surface area contributed by atoms with E-state index in [-0.39, 0.29) is 6.10 Å². The maximum Gasteiger partial charge on any atom is 0.154 e. The summed E-state index contributed by atoms with van der Waals surface area (Å²) < 4.78 is 7.36. The van der Waals surface area contributed by atoms with Gasteiger partial charge in [0.05, 0.1) is 6.10 Å². The van der Waals surface area contributed by atoms with Gasteiger partial charge in [-0.05, 0) is 22.4 Å². The van der Waals surface area contributed by atoms with Crippen LogP contribution in [0.25, 0.3) is 0 Å². The summed E-state index contributed by atoms with van der Waals surface area (Å²) in [6, 6.07) is 0. The monoisotopic (exact) mass is 277 g/mol. The summed E-state index contributed by atoms with van der Waals surface area (Å²) in [5.74, 6) is 0. The van der Waals surface area contributed by atoms with E-state index in [2.05, 4.69) is 33.2 Å². The summed E-state index contributed by atoms with van der Waals surface area (Å²) in [5, 5.41) is 17.8. The van der Waals surface area contributed by atoms with Crippen molar-refractivity contribution in [3.8, 4) is 0 Å². The van der Waals surface area contributed by atoms with Crippen molar-refractivity contribution in [3.63, 3.8) is 0 Å². The predicted molar refractivity (Wildman–Crippen MR) is 59.4 cm³/mol. The molecule has 6 heteroatoms. The van der Waals surface area contributed by atoms with Crippen LogP contribution in [0.1, 0.15) is 31.6 Å². The number of aromatic nitrogens is 3. The van der Waals surface area contributed by atoms with Crippen LogP contribution in [-0.2, 0) is 11.8 Å². The van der Waals surface area contributed by atoms with Gasteiger partial charge >= 0.3 is 0 Å². The summed E-state index contributed by atoms with van der Waals surface area (Å²) in [6.45, 7) is 2.05. The van der Waals surface area contributed by atoms with Crippen molar-refractivity contribution in [2.75, 3.05) is 7.11 Å². The second-order valence-corrected chi connectivity index (χ2v) is 4.15. The average molecular weight is 278 g/mol. The minimum atomic E-state index is -0.704. The van der Waals surface area contributed by atoms with Crippen LogP contribution in [0.2, 0.25) is 0 Å². The van der Waals surface area contributed by atoms with Crippen LogP contribution in [0.15, 0.2) is 4.60 Å². The fraction of sp³-hybridized carbons (Fsp3) is 0.778. The molecule has 0 bridgehead atoms. The lowest BCUT2D eigenvalue weighted by Gasteiger charge is -2.20. The molecule has 1 aromatic heterocycles. The Morgan fingerprint density at radius 2 is 2.27 bits per heavy atom. The molecule has 86 valence electrons. The third-order valence-electron chi connectivity index (χ3n) is 2.33. The van der Waals surface area contributed by atoms with Gasteiger partial charge in [-0.2, -0.15) is 0 Å². The quantitative estimate of drug-likeness (QED) is 0.885. The van der Waals surface area contributed by atoms with Crippen molar-refractivity contribution in [1.82, 2.24) is 15.0 Å². The van der Waals surface area contributed by atoms with Crippen molar-refractivity contribution in [3.05, 3.63) is 10.3 Å². The summed E-state index contributed by atoms with van der Waals surface area (Å²) in [4.78, 5) is 0. The lowest BCUT2D eigenvalue weighted by molar-refractivity contribution is -0.0220. The SMILES string of the molecule is CCCC(OC)C(O)c1c(Br)nnn1C. The Bertz CT molecular complexity index is 297. The maximum absolute atomic E-state index is 10.1. The molecule has 0 amide bonds. The fourth-order valence-corrected chi connectivity index (χ4v) is 2.08. The van der Waals surface area contributed by atoms with Crippen LogP contribution in [0.4, 0.5) is 0 Å². The van der Waals surface area contributed by atoms with Gasteiger partial charge in [-0.15, -0.1) is 5.10 Å². The van der Waals surface area contributed by atoms with E-state index in [4.69, 9.17) is 4.74 Å². The Morgan fingerprint density at radius 1 is 1.60 bits per heavy atom. The molecule has 1 N–H and O–H groups in total. The average Bonchev–Trinajstić information content (AvgIpc) is 2.54. The smallest absolute Gasteiger partial charge is 0.154 e. The van der Waals surface area contributed by atoms with Gasteiger partial charge in [0.15, 0.2) is 4.60 Å². The van der Waals surface area contributed by atoms with E-state index in [0.717, 1.165) is 12.8 Å². The number of rotatable bonds is 5. The number of aryl methyl sites for hydroxylation is 1. The number of halogens is 1. The van der Waals surface area contributed by atoms with Gasteiger partial charge in [0.2, 0.25) is 0 Å². The first-order chi connectivity index (χ1) is 7.11. The zero-order chi connectivity index (χ0) is 11.4. The van der Waals surface area contributed by atoms with Crippen LogP contribution in [0.5, 0.6) is 0 Å². The van der Waals surface area contributed by atoms with E-state index in [1.807, 2.05) is 0 Å². The molecule has 0 spiro atoms. The molecule has 5 nitrogen and oxygen atoms in total. The third kappa shape index (κ3) is 2.76. The predicted octanol–water partition coefficient (Wildman–Crippen LogP) is 1.43. The first-order valence-electron chi connectivity index (χ1n) is 4.87. The highest BCUT2D eigenvalue weighted by Crippen LogP contribution is 2.26. The van der Waals surface area contributed by atoms with Crippen molar-refractivity contribution >= 4 is 15.9 Å². The van der Waals surface area contributed by atoms with Gasteiger partial charge in [-0.3, -0.25) is 0 Å². The van der Waals surface area contributed by atoms with Crippen LogP contribution < -0.4 is 0 Å². The molecule has 0 aliphatic heterocycles. The van der Waals surface area contributed by atoms with Gasteiger partial charge in [-0.25, -0.2) is 4.68 Å². The second-order valence-electron chi connectivity index (χ2n) is 3.40. The zero-order valence-electron chi connectivity index (χ0n) is 9.14. The number of ether oxygens (including phenoxy) is 1. The first-order valence-corrected chi connectivity index (χ1v) is 5.67. The van der Waals surface area contributed by atoms with Crippen LogP contribution in [0.3, 0.4) is 0 Å². The van der Waals surface area contributed by atoms with E-state index >= 15 is 0 Å². The Labute approximate surface area is 97.6 Å². The molecule has 15 heavy (non-hydrogen) atoms. The molecule has 0 saturated carbocycles. The van der Waals surface area contributed by atoms with Crippen LogP contribution >= 0.6 is 15.9 Å². The fourth-order valence-electron chi connectivity index (χ4n) is 1.52. The van der Waals surface area contributed by atoms with Crippen molar-refractivity contribution in [1.29, 1.82) is 0 Å². The zero-order valence-corrected chi connectivity index (χ0v) is 10.7. The molecule has 0 aliphatic rings. The Hall–Kier alpha value is -0.460. The van der Waals surface area contributed by atoms with E-state index < -0.39 is 6.10 Å². The molecular formula is C9H16BrN3O2. The molecule has 1 aromatic rings. The molecule has 2 atom stereocenters. The number of aliphatic hydroxyl groups excluding tert-OH is 1. The minimum absolute atomic E-state index is 0.219. The van der Waals surface area contributed by atoms with Gasteiger partial charge in [-0.1, -0.05) is 18.6 Å². The summed E-state index contributed by atoms with van der Waals surface area (Å²) in [5.41, 5.74) is 0.648. The highest BCUT2D eigenvalue weighted by Gasteiger charge is 2.25. The number of aliphatic hydroxyl groups is 1. The minimum Gasteiger partial charge on any atom is -0.384 e. The summed E-state index contributed by atoms with van der Waals surface area (Å²) >= 11 is 3.26. The molecule has 1 heterocycles. The van der Waals surface area contributed by atoms with E-state index in [1.165, 1.54) is 0 Å². The summed E-state index contributed by atoms with van der Waals surface area (Å²) in [6.07, 6.45) is 0.834. The lowest BCUT2D eigenvalue weighted by atomic mass is 10.1. The van der Waals surface area contributed by atoms with E-state index in [0.29, 0.717) is 10.3 Å². The lowest BCUT2D eigenvalue weighted by Crippen LogP contribution is -2.23. The standard InChI is InChI=1S/C9H16BrN3O2/c1-4-5-6(15-3)8(14)7-9(10)11-12-13(7)2/h6,8,14H,4-5H2,1-3H3. The van der Waals surface area contributed by atoms with Gasteiger partial charge in [0.25, 0.3) is 0 Å². The highest BCUT2D eigenvalue weighted by molar-refractivity contribution is 9.10. The molecular weight excluding hydrogens is 262 g/mol. The van der Waals surface area contributed by atoms with Crippen LogP contribution in [0, 0.1) is 0 Å². The van der Waals surface area contributed by atoms with Crippen molar-refractivity contribution in [2.45, 2.75) is 32.0 Å². The van der Waals surface area contributed by atoms with Gasteiger partial charge in [0.1, 0.15) is 11.8 Å². The highest BCUT2D eigenvalue weighted by atomic mass is 79.9. The van der Waals surface area contributed by atoms with Gasteiger partial charge in [0, 0.05) is 14.2 Å². The van der Waals surface area contributed by atoms with Gasteiger partial charge < -0.3 is 9.84 Å². The molecule has 0 radical (unpaired) electrons. The molecule has 0 aromatic carbocycles. The van der Waals surface area contributed by atoms with E-state index in [9.17, 15) is 5.11 Å². The van der Waals surface area contributed by atoms with E-state index in [1.54, 1.807) is 18.8 Å². The largest absolute Gasteiger partial charge is 0.384 e. The second kappa shape index (κ2) is 5.58. The first kappa shape index (κ1) is 12.6. The Balaban J connectivity index is 2.86. The Kier molecular flexibility index (Phi) is 4.69. The normalized spacial score (nSPS) is 15.3. The molecule has 2 unspecified atom stereocenters. The number of hydrogen-bond donors (Lipinski definition) is 1. The van der Waals surface area contributed by atoms with Crippen LogP contribution in [-0.4, -0.2) is 33.3 Å².